The molecule has 0 bridgehead atoms. The Morgan fingerprint density at radius 1 is 1.29 bits per heavy atom. The van der Waals surface area contributed by atoms with E-state index in [0.717, 1.165) is 22.6 Å². The Morgan fingerprint density at radius 2 is 2.08 bits per heavy atom. The lowest BCUT2D eigenvalue weighted by Gasteiger charge is -2.10. The van der Waals surface area contributed by atoms with E-state index in [1.165, 1.54) is 11.3 Å². The molecule has 0 atom stereocenters. The van der Waals surface area contributed by atoms with E-state index in [0.29, 0.717) is 22.4 Å². The Balaban J connectivity index is 1.79. The van der Waals surface area contributed by atoms with E-state index in [4.69, 9.17) is 11.6 Å². The fourth-order valence-corrected chi connectivity index (χ4v) is 3.63. The Hall–Kier alpha value is -2.11. The lowest BCUT2D eigenvalue weighted by atomic mass is 10.2. The maximum absolute atomic E-state index is 12.6. The van der Waals surface area contributed by atoms with Crippen molar-refractivity contribution in [2.45, 2.75) is 26.8 Å². The van der Waals surface area contributed by atoms with E-state index in [9.17, 15) is 4.79 Å². The molecule has 2 aromatic heterocycles. The predicted octanol–water partition coefficient (Wildman–Crippen LogP) is 4.77. The number of aryl methyl sites for hydroxylation is 2. The molecule has 0 saturated carbocycles. The number of nitrogens with one attached hydrogen (secondary N) is 1. The average Bonchev–Trinajstić information content (AvgIpc) is 3.16. The third-order valence-electron chi connectivity index (χ3n) is 3.81. The second-order valence-electron chi connectivity index (χ2n) is 5.44. The number of thiazole rings is 1. The highest BCUT2D eigenvalue weighted by atomic mass is 35.5. The van der Waals surface area contributed by atoms with Crippen LogP contribution in [-0.4, -0.2) is 15.5 Å². The number of carbonyl (C=O) groups is 1. The zero-order valence-electron chi connectivity index (χ0n) is 13.5. The normalized spacial score (nSPS) is 10.8. The molecule has 0 radical (unpaired) electrons. The highest BCUT2D eigenvalue weighted by Gasteiger charge is 2.15. The minimum atomic E-state index is -0.163. The fraction of sp³-hybridized carbons (Fsp3) is 0.222. The highest BCUT2D eigenvalue weighted by molar-refractivity contribution is 7.15. The lowest BCUT2D eigenvalue weighted by Crippen LogP contribution is -2.17. The molecule has 0 saturated heterocycles. The highest BCUT2D eigenvalue weighted by Crippen LogP contribution is 2.23. The Morgan fingerprint density at radius 3 is 2.79 bits per heavy atom. The topological polar surface area (TPSA) is 46.9 Å². The van der Waals surface area contributed by atoms with Gasteiger partial charge in [-0.2, -0.15) is 0 Å². The molecule has 1 amide bonds. The van der Waals surface area contributed by atoms with Gasteiger partial charge in [0.25, 0.3) is 5.91 Å². The minimum absolute atomic E-state index is 0.163. The number of halogens is 1. The van der Waals surface area contributed by atoms with Crippen LogP contribution in [0.1, 0.15) is 33.5 Å². The summed E-state index contributed by atoms with van der Waals surface area (Å²) in [5.74, 6) is -0.163. The van der Waals surface area contributed by atoms with Crippen molar-refractivity contribution in [2.24, 2.45) is 0 Å². The van der Waals surface area contributed by atoms with Gasteiger partial charge in [-0.05, 0) is 37.1 Å². The number of rotatable bonds is 5. The largest absolute Gasteiger partial charge is 0.339 e. The summed E-state index contributed by atoms with van der Waals surface area (Å²) < 4.78 is 1.89. The maximum atomic E-state index is 12.6. The summed E-state index contributed by atoms with van der Waals surface area (Å²) in [6.07, 6.45) is 2.74. The van der Waals surface area contributed by atoms with Gasteiger partial charge < -0.3 is 4.57 Å². The number of aromatic nitrogens is 2. The van der Waals surface area contributed by atoms with E-state index in [-0.39, 0.29) is 5.91 Å². The molecule has 2 heterocycles. The van der Waals surface area contributed by atoms with Crippen LogP contribution in [0.3, 0.4) is 0 Å². The Labute approximate surface area is 150 Å². The van der Waals surface area contributed by atoms with E-state index in [1.54, 1.807) is 6.07 Å². The second kappa shape index (κ2) is 7.20. The molecule has 0 aliphatic heterocycles. The van der Waals surface area contributed by atoms with E-state index >= 15 is 0 Å². The van der Waals surface area contributed by atoms with Crippen LogP contribution in [0.4, 0.5) is 5.13 Å². The van der Waals surface area contributed by atoms with Gasteiger partial charge in [-0.1, -0.05) is 36.7 Å². The van der Waals surface area contributed by atoms with Gasteiger partial charge in [0.1, 0.15) is 5.69 Å². The zero-order chi connectivity index (χ0) is 17.1. The molecule has 0 spiro atoms. The lowest BCUT2D eigenvalue weighted by molar-refractivity contribution is 0.101. The number of carbonyl (C=O) groups excluding carboxylic acids is 1. The van der Waals surface area contributed by atoms with Gasteiger partial charge in [0, 0.05) is 22.6 Å². The summed E-state index contributed by atoms with van der Waals surface area (Å²) in [5, 5.41) is 4.23. The monoisotopic (exact) mass is 359 g/mol. The van der Waals surface area contributed by atoms with Gasteiger partial charge >= 0.3 is 0 Å². The van der Waals surface area contributed by atoms with E-state index < -0.39 is 0 Å². The SMILES string of the molecule is CCc1nc(NC(=O)c2cccn2Cc2ccccc2Cl)sc1C. The first-order valence-electron chi connectivity index (χ1n) is 7.74. The summed E-state index contributed by atoms with van der Waals surface area (Å²) in [6.45, 7) is 4.63. The molecule has 3 aromatic rings. The molecule has 0 fully saturated rings. The average molecular weight is 360 g/mol. The third kappa shape index (κ3) is 3.52. The molecule has 1 N–H and O–H groups in total. The molecule has 24 heavy (non-hydrogen) atoms. The number of benzene rings is 1. The first-order chi connectivity index (χ1) is 11.6. The predicted molar refractivity (Wildman–Crippen MR) is 99.2 cm³/mol. The molecule has 0 unspecified atom stereocenters. The van der Waals surface area contributed by atoms with Gasteiger partial charge in [0.15, 0.2) is 5.13 Å². The zero-order valence-corrected chi connectivity index (χ0v) is 15.1. The van der Waals surface area contributed by atoms with Crippen LogP contribution < -0.4 is 5.32 Å². The van der Waals surface area contributed by atoms with E-state index in [2.05, 4.69) is 17.2 Å². The summed E-state index contributed by atoms with van der Waals surface area (Å²) in [4.78, 5) is 18.2. The van der Waals surface area contributed by atoms with Crippen molar-refractivity contribution in [2.75, 3.05) is 5.32 Å². The standard InChI is InChI=1S/C18H18ClN3OS/c1-3-15-12(2)24-18(20-15)21-17(23)16-9-6-10-22(16)11-13-7-4-5-8-14(13)19/h4-10H,3,11H2,1-2H3,(H,20,21,23). The summed E-state index contributed by atoms with van der Waals surface area (Å²) >= 11 is 7.72. The first-order valence-corrected chi connectivity index (χ1v) is 8.94. The number of nitrogens with zero attached hydrogens (tertiary/aromatic N) is 2. The molecular formula is C18H18ClN3OS. The van der Waals surface area contributed by atoms with Crippen LogP contribution in [0.2, 0.25) is 5.02 Å². The molecule has 6 heteroatoms. The van der Waals surface area contributed by atoms with Crippen LogP contribution in [0.25, 0.3) is 0 Å². The van der Waals surface area contributed by atoms with Crippen molar-refractivity contribution in [3.63, 3.8) is 0 Å². The fourth-order valence-electron chi connectivity index (χ4n) is 2.54. The van der Waals surface area contributed by atoms with Gasteiger partial charge in [-0.15, -0.1) is 11.3 Å². The van der Waals surface area contributed by atoms with Crippen LogP contribution in [-0.2, 0) is 13.0 Å². The van der Waals surface area contributed by atoms with Crippen molar-refractivity contribution < 1.29 is 4.79 Å². The van der Waals surface area contributed by atoms with Gasteiger partial charge in [0.05, 0.1) is 5.69 Å². The number of anilines is 1. The van der Waals surface area contributed by atoms with Crippen molar-refractivity contribution >= 4 is 34.0 Å². The van der Waals surface area contributed by atoms with Gasteiger partial charge in [-0.25, -0.2) is 4.98 Å². The van der Waals surface area contributed by atoms with Crippen molar-refractivity contribution in [1.82, 2.24) is 9.55 Å². The molecule has 0 aliphatic rings. The molecule has 0 aliphatic carbocycles. The molecular weight excluding hydrogens is 342 g/mol. The number of hydrogen-bond donors (Lipinski definition) is 1. The molecule has 124 valence electrons. The second-order valence-corrected chi connectivity index (χ2v) is 7.05. The van der Waals surface area contributed by atoms with Crippen molar-refractivity contribution in [1.29, 1.82) is 0 Å². The van der Waals surface area contributed by atoms with Crippen LogP contribution in [0.5, 0.6) is 0 Å². The molecule has 1 aromatic carbocycles. The number of amides is 1. The van der Waals surface area contributed by atoms with Crippen LogP contribution in [0.15, 0.2) is 42.6 Å². The van der Waals surface area contributed by atoms with Crippen LogP contribution in [0, 0.1) is 6.92 Å². The van der Waals surface area contributed by atoms with E-state index in [1.807, 2.05) is 48.0 Å². The first kappa shape index (κ1) is 16.7. The summed E-state index contributed by atoms with van der Waals surface area (Å²) in [5.41, 5.74) is 2.59. The quantitative estimate of drug-likeness (QED) is 0.713. The smallest absolute Gasteiger partial charge is 0.274 e. The summed E-state index contributed by atoms with van der Waals surface area (Å²) in [6, 6.07) is 11.3. The molecule has 3 rings (SSSR count). The third-order valence-corrected chi connectivity index (χ3v) is 5.11. The van der Waals surface area contributed by atoms with Gasteiger partial charge in [0.2, 0.25) is 0 Å². The van der Waals surface area contributed by atoms with Crippen LogP contribution >= 0.6 is 22.9 Å². The Kier molecular flexibility index (Phi) is 5.02. The van der Waals surface area contributed by atoms with Gasteiger partial charge in [-0.3, -0.25) is 10.1 Å². The van der Waals surface area contributed by atoms with Crippen molar-refractivity contribution in [3.05, 3.63) is 69.4 Å². The summed E-state index contributed by atoms with van der Waals surface area (Å²) in [7, 11) is 0. The Bertz CT molecular complexity index is 869. The molecule has 4 nitrogen and oxygen atoms in total. The number of hydrogen-bond acceptors (Lipinski definition) is 3. The maximum Gasteiger partial charge on any atom is 0.274 e. The minimum Gasteiger partial charge on any atom is -0.339 e. The van der Waals surface area contributed by atoms with Crippen molar-refractivity contribution in [3.8, 4) is 0 Å².